The molecule has 2 unspecified atom stereocenters. The molecule has 2 atom stereocenters. The molecule has 1 saturated heterocycles. The van der Waals surface area contributed by atoms with E-state index in [2.05, 4.69) is 19.2 Å². The highest BCUT2D eigenvalue weighted by atomic mass is 32.2. The first-order valence-electron chi connectivity index (χ1n) is 9.28. The Kier molecular flexibility index (Phi) is 5.97. The average molecular weight is 387 g/mol. The number of sulfonamides is 1. The van der Waals surface area contributed by atoms with E-state index in [1.54, 1.807) is 16.4 Å². The molecule has 1 aliphatic heterocycles. The zero-order chi connectivity index (χ0) is 19.4. The summed E-state index contributed by atoms with van der Waals surface area (Å²) in [6, 6.07) is 15.8. The fourth-order valence-electron chi connectivity index (χ4n) is 3.61. The van der Waals surface area contributed by atoms with Gasteiger partial charge in [-0.1, -0.05) is 44.2 Å². The fourth-order valence-corrected chi connectivity index (χ4v) is 5.29. The van der Waals surface area contributed by atoms with Gasteiger partial charge in [0.05, 0.1) is 4.90 Å². The first-order valence-corrected chi connectivity index (χ1v) is 10.7. The number of nitrogens with one attached hydrogen (secondary N) is 1. The van der Waals surface area contributed by atoms with Crippen LogP contribution in [0.5, 0.6) is 0 Å². The van der Waals surface area contributed by atoms with Gasteiger partial charge in [-0.15, -0.1) is 0 Å². The number of hydrogen-bond acceptors (Lipinski definition) is 3. The monoisotopic (exact) mass is 386 g/mol. The van der Waals surface area contributed by atoms with Crippen molar-refractivity contribution in [2.75, 3.05) is 13.1 Å². The summed E-state index contributed by atoms with van der Waals surface area (Å²) in [6.07, 6.45) is 1.05. The smallest absolute Gasteiger partial charge is 0.251 e. The van der Waals surface area contributed by atoms with Crippen LogP contribution in [0.2, 0.25) is 0 Å². The van der Waals surface area contributed by atoms with E-state index in [0.717, 1.165) is 12.0 Å². The summed E-state index contributed by atoms with van der Waals surface area (Å²) in [5.74, 6) is 0.487. The third-order valence-electron chi connectivity index (χ3n) is 4.89. The molecule has 1 amide bonds. The highest BCUT2D eigenvalue weighted by molar-refractivity contribution is 7.89. The summed E-state index contributed by atoms with van der Waals surface area (Å²) < 4.78 is 27.4. The summed E-state index contributed by atoms with van der Waals surface area (Å²) in [7, 11) is -3.52. The summed E-state index contributed by atoms with van der Waals surface area (Å²) in [5, 5.41) is 2.85. The largest absolute Gasteiger partial charge is 0.348 e. The molecule has 144 valence electrons. The molecule has 0 aliphatic carbocycles. The van der Waals surface area contributed by atoms with E-state index in [9.17, 15) is 13.2 Å². The zero-order valence-electron chi connectivity index (χ0n) is 15.8. The Hall–Kier alpha value is -2.18. The molecule has 3 rings (SSSR count). The predicted molar refractivity (Wildman–Crippen MR) is 106 cm³/mol. The minimum Gasteiger partial charge on any atom is -0.348 e. The van der Waals surface area contributed by atoms with Crippen molar-refractivity contribution in [3.63, 3.8) is 0 Å². The van der Waals surface area contributed by atoms with Gasteiger partial charge in [0.15, 0.2) is 0 Å². The first kappa shape index (κ1) is 19.6. The minimum atomic E-state index is -3.52. The number of amides is 1. The van der Waals surface area contributed by atoms with Crippen molar-refractivity contribution in [2.45, 2.75) is 31.7 Å². The van der Waals surface area contributed by atoms with Crippen molar-refractivity contribution < 1.29 is 13.2 Å². The second-order valence-corrected chi connectivity index (χ2v) is 9.40. The topological polar surface area (TPSA) is 66.5 Å². The third kappa shape index (κ3) is 4.76. The average Bonchev–Trinajstić information content (AvgIpc) is 2.66. The van der Waals surface area contributed by atoms with E-state index < -0.39 is 10.0 Å². The van der Waals surface area contributed by atoms with Gasteiger partial charge in [-0.3, -0.25) is 4.79 Å². The van der Waals surface area contributed by atoms with Gasteiger partial charge in [0.1, 0.15) is 0 Å². The van der Waals surface area contributed by atoms with E-state index in [4.69, 9.17) is 0 Å². The van der Waals surface area contributed by atoms with Crippen LogP contribution in [-0.2, 0) is 16.6 Å². The van der Waals surface area contributed by atoms with Crippen molar-refractivity contribution in [3.05, 3.63) is 65.7 Å². The van der Waals surface area contributed by atoms with Crippen molar-refractivity contribution in [1.29, 1.82) is 0 Å². The van der Waals surface area contributed by atoms with Gasteiger partial charge in [-0.25, -0.2) is 8.42 Å². The van der Waals surface area contributed by atoms with Crippen molar-refractivity contribution in [3.8, 4) is 0 Å². The number of carbonyl (C=O) groups excluding carboxylic acids is 1. The Balaban J connectivity index is 1.68. The van der Waals surface area contributed by atoms with E-state index in [1.165, 1.54) is 12.1 Å². The second kappa shape index (κ2) is 8.23. The fraction of sp³-hybridized carbons (Fsp3) is 0.381. The molecule has 6 heteroatoms. The van der Waals surface area contributed by atoms with E-state index in [1.807, 2.05) is 30.3 Å². The number of hydrogen-bond donors (Lipinski definition) is 1. The molecule has 0 radical (unpaired) electrons. The number of rotatable bonds is 5. The SMILES string of the molecule is CC1CC(C)CN(S(=O)(=O)c2ccc(C(=O)NCc3ccccc3)cc2)C1. The van der Waals surface area contributed by atoms with Crippen LogP contribution < -0.4 is 5.32 Å². The van der Waals surface area contributed by atoms with Crippen molar-refractivity contribution >= 4 is 15.9 Å². The van der Waals surface area contributed by atoms with Crippen molar-refractivity contribution in [1.82, 2.24) is 9.62 Å². The summed E-state index contributed by atoms with van der Waals surface area (Å²) >= 11 is 0. The lowest BCUT2D eigenvalue weighted by Gasteiger charge is -2.34. The molecule has 1 heterocycles. The van der Waals surface area contributed by atoms with Crippen LogP contribution in [0, 0.1) is 11.8 Å². The summed E-state index contributed by atoms with van der Waals surface area (Å²) in [6.45, 7) is 5.69. The summed E-state index contributed by atoms with van der Waals surface area (Å²) in [4.78, 5) is 12.5. The van der Waals surface area contributed by atoms with Crippen molar-refractivity contribution in [2.24, 2.45) is 11.8 Å². The van der Waals surface area contributed by atoms with Crippen LogP contribution in [0.1, 0.15) is 36.2 Å². The van der Waals surface area contributed by atoms with Gasteiger partial charge in [-0.05, 0) is 48.1 Å². The number of piperidine rings is 1. The first-order chi connectivity index (χ1) is 12.9. The Bertz CT molecular complexity index is 869. The third-order valence-corrected chi connectivity index (χ3v) is 6.73. The molecule has 1 fully saturated rings. The standard InChI is InChI=1S/C21H26N2O3S/c1-16-12-17(2)15-23(14-16)27(25,26)20-10-8-19(9-11-20)21(24)22-13-18-6-4-3-5-7-18/h3-11,16-17H,12-15H2,1-2H3,(H,22,24). The molecule has 2 aromatic carbocycles. The lowest BCUT2D eigenvalue weighted by molar-refractivity contribution is 0.0951. The molecule has 2 aromatic rings. The van der Waals surface area contributed by atoms with E-state index in [0.29, 0.717) is 37.0 Å². The molecule has 1 aliphatic rings. The quantitative estimate of drug-likeness (QED) is 0.857. The molecular weight excluding hydrogens is 360 g/mol. The van der Waals surface area contributed by atoms with Crippen LogP contribution >= 0.6 is 0 Å². The molecule has 27 heavy (non-hydrogen) atoms. The molecule has 5 nitrogen and oxygen atoms in total. The zero-order valence-corrected chi connectivity index (χ0v) is 16.6. The molecule has 0 aromatic heterocycles. The number of carbonyl (C=O) groups is 1. The van der Waals surface area contributed by atoms with Crippen LogP contribution in [0.4, 0.5) is 0 Å². The maximum Gasteiger partial charge on any atom is 0.251 e. The molecule has 0 saturated carbocycles. The van der Waals surface area contributed by atoms with E-state index >= 15 is 0 Å². The second-order valence-electron chi connectivity index (χ2n) is 7.46. The molecule has 0 spiro atoms. The minimum absolute atomic E-state index is 0.219. The molecule has 0 bridgehead atoms. The Labute approximate surface area is 161 Å². The Morgan fingerprint density at radius 3 is 2.19 bits per heavy atom. The van der Waals surface area contributed by atoms with Crippen LogP contribution in [0.25, 0.3) is 0 Å². The van der Waals surface area contributed by atoms with E-state index in [-0.39, 0.29) is 10.8 Å². The highest BCUT2D eigenvalue weighted by Crippen LogP contribution is 2.26. The maximum atomic E-state index is 12.9. The maximum absolute atomic E-state index is 12.9. The van der Waals surface area contributed by atoms with Gasteiger partial charge < -0.3 is 5.32 Å². The van der Waals surface area contributed by atoms with Gasteiger partial charge in [0.2, 0.25) is 10.0 Å². The highest BCUT2D eigenvalue weighted by Gasteiger charge is 2.31. The van der Waals surface area contributed by atoms with Gasteiger partial charge in [0, 0.05) is 25.2 Å². The predicted octanol–water partition coefficient (Wildman–Crippen LogP) is 3.28. The van der Waals surface area contributed by atoms with Gasteiger partial charge >= 0.3 is 0 Å². The lowest BCUT2D eigenvalue weighted by Crippen LogP contribution is -2.42. The lowest BCUT2D eigenvalue weighted by atomic mass is 9.94. The van der Waals surface area contributed by atoms with Crippen LogP contribution in [0.3, 0.4) is 0 Å². The van der Waals surface area contributed by atoms with Gasteiger partial charge in [0.25, 0.3) is 5.91 Å². The molecule has 1 N–H and O–H groups in total. The number of benzene rings is 2. The Morgan fingerprint density at radius 2 is 1.59 bits per heavy atom. The Morgan fingerprint density at radius 1 is 1.00 bits per heavy atom. The molecular formula is C21H26N2O3S. The van der Waals surface area contributed by atoms with Crippen LogP contribution in [-0.4, -0.2) is 31.7 Å². The van der Waals surface area contributed by atoms with Crippen LogP contribution in [0.15, 0.2) is 59.5 Å². The normalized spacial score (nSPS) is 21.0. The van der Waals surface area contributed by atoms with Gasteiger partial charge in [-0.2, -0.15) is 4.31 Å². The summed E-state index contributed by atoms with van der Waals surface area (Å²) in [5.41, 5.74) is 1.46. The number of nitrogens with zero attached hydrogens (tertiary/aromatic N) is 1.